The van der Waals surface area contributed by atoms with Crippen LogP contribution in [0, 0.1) is 11.8 Å². The first kappa shape index (κ1) is 18.8. The Morgan fingerprint density at radius 3 is 2.19 bits per heavy atom. The minimum Gasteiger partial charge on any atom is -0.462 e. The molecule has 3 rings (SSSR count). The first-order valence-electron chi connectivity index (χ1n) is 8.90. The Morgan fingerprint density at radius 1 is 1.12 bits per heavy atom. The number of hydrogen-bond acceptors (Lipinski definition) is 5. The van der Waals surface area contributed by atoms with Gasteiger partial charge < -0.3 is 9.64 Å². The largest absolute Gasteiger partial charge is 0.462 e. The smallest absolute Gasteiger partial charge is 0.338 e. The van der Waals surface area contributed by atoms with E-state index in [0.717, 1.165) is 6.42 Å². The Balaban J connectivity index is 1.63. The maximum Gasteiger partial charge on any atom is 0.338 e. The van der Waals surface area contributed by atoms with Crippen LogP contribution in [0.25, 0.3) is 0 Å². The number of sulfonamides is 1. The van der Waals surface area contributed by atoms with Crippen molar-refractivity contribution < 1.29 is 22.7 Å². The molecule has 1 aliphatic carbocycles. The molecule has 1 saturated heterocycles. The summed E-state index contributed by atoms with van der Waals surface area (Å²) in [4.78, 5) is 25.8. The van der Waals surface area contributed by atoms with E-state index in [9.17, 15) is 18.0 Å². The van der Waals surface area contributed by atoms with Gasteiger partial charge in [0.1, 0.15) is 0 Å². The lowest BCUT2D eigenvalue weighted by molar-refractivity contribution is -0.134. The number of amides is 1. The summed E-state index contributed by atoms with van der Waals surface area (Å²) < 4.78 is 31.8. The number of benzene rings is 1. The lowest BCUT2D eigenvalue weighted by Crippen LogP contribution is -2.51. The zero-order chi connectivity index (χ0) is 18.9. The minimum atomic E-state index is -3.64. The van der Waals surface area contributed by atoms with Crippen LogP contribution in [0.3, 0.4) is 0 Å². The van der Waals surface area contributed by atoms with E-state index in [1.54, 1.807) is 11.8 Å². The van der Waals surface area contributed by atoms with Crippen LogP contribution in [0.5, 0.6) is 0 Å². The topological polar surface area (TPSA) is 84.0 Å². The van der Waals surface area contributed by atoms with Crippen LogP contribution in [0.2, 0.25) is 0 Å². The predicted molar refractivity (Wildman–Crippen MR) is 95.0 cm³/mol. The normalized spacial score (nSPS) is 23.5. The highest BCUT2D eigenvalue weighted by Gasteiger charge is 2.42. The van der Waals surface area contributed by atoms with Crippen molar-refractivity contribution in [2.75, 3.05) is 32.8 Å². The molecule has 8 heteroatoms. The third-order valence-corrected chi connectivity index (χ3v) is 6.89. The van der Waals surface area contributed by atoms with Crippen molar-refractivity contribution in [2.24, 2.45) is 11.8 Å². The van der Waals surface area contributed by atoms with Crippen LogP contribution in [0.1, 0.15) is 30.6 Å². The van der Waals surface area contributed by atoms with Gasteiger partial charge in [-0.1, -0.05) is 6.92 Å². The molecule has 26 heavy (non-hydrogen) atoms. The molecule has 1 heterocycles. The van der Waals surface area contributed by atoms with Crippen LogP contribution in [0.4, 0.5) is 0 Å². The van der Waals surface area contributed by atoms with Gasteiger partial charge in [0.15, 0.2) is 0 Å². The molecule has 7 nitrogen and oxygen atoms in total. The van der Waals surface area contributed by atoms with Gasteiger partial charge in [-0.25, -0.2) is 13.2 Å². The van der Waals surface area contributed by atoms with Gasteiger partial charge in [-0.2, -0.15) is 4.31 Å². The van der Waals surface area contributed by atoms with Crippen LogP contribution in [-0.4, -0.2) is 62.3 Å². The highest BCUT2D eigenvalue weighted by Crippen LogP contribution is 2.39. The Morgan fingerprint density at radius 2 is 1.69 bits per heavy atom. The lowest BCUT2D eigenvalue weighted by Gasteiger charge is -2.34. The van der Waals surface area contributed by atoms with Gasteiger partial charge in [0.05, 0.1) is 17.1 Å². The minimum absolute atomic E-state index is 0.119. The molecule has 1 saturated carbocycles. The van der Waals surface area contributed by atoms with E-state index in [-0.39, 0.29) is 36.4 Å². The summed E-state index contributed by atoms with van der Waals surface area (Å²) in [5.41, 5.74) is 0.319. The molecule has 2 aliphatic rings. The molecule has 2 atom stereocenters. The maximum atomic E-state index is 12.8. The molecule has 2 fully saturated rings. The standard InChI is InChI=1S/C18H24N2O5S/c1-3-25-18(22)14-4-6-15(7-5-14)26(23,24)20-10-8-19(9-11-20)17(21)16-12-13(16)2/h4-7,13,16H,3,8-12H2,1-2H3/t13-,16+/m0/s1. The fourth-order valence-corrected chi connectivity index (χ4v) is 4.60. The number of nitrogens with zero attached hydrogens (tertiary/aromatic N) is 2. The SMILES string of the molecule is CCOC(=O)c1ccc(S(=O)(=O)N2CCN(C(=O)[C@@H]3C[C@@H]3C)CC2)cc1. The van der Waals surface area contributed by atoms with Crippen molar-refractivity contribution in [1.82, 2.24) is 9.21 Å². The van der Waals surface area contributed by atoms with Gasteiger partial charge in [-0.15, -0.1) is 0 Å². The van der Waals surface area contributed by atoms with Crippen LogP contribution in [0.15, 0.2) is 29.2 Å². The van der Waals surface area contributed by atoms with Gasteiger partial charge in [-0.05, 0) is 43.5 Å². The van der Waals surface area contributed by atoms with E-state index in [1.165, 1.54) is 28.6 Å². The molecule has 0 unspecified atom stereocenters. The lowest BCUT2D eigenvalue weighted by atomic mass is 10.2. The van der Waals surface area contributed by atoms with Crippen molar-refractivity contribution in [3.05, 3.63) is 29.8 Å². The molecule has 0 N–H and O–H groups in total. The van der Waals surface area contributed by atoms with Gasteiger partial charge in [0.2, 0.25) is 15.9 Å². The highest BCUT2D eigenvalue weighted by molar-refractivity contribution is 7.89. The number of carbonyl (C=O) groups is 2. The van der Waals surface area contributed by atoms with E-state index in [2.05, 4.69) is 6.92 Å². The van der Waals surface area contributed by atoms with Gasteiger partial charge in [0.25, 0.3) is 0 Å². The van der Waals surface area contributed by atoms with E-state index in [4.69, 9.17) is 4.74 Å². The fraction of sp³-hybridized carbons (Fsp3) is 0.556. The molecule has 0 spiro atoms. The van der Waals surface area contributed by atoms with Crippen LogP contribution >= 0.6 is 0 Å². The first-order chi connectivity index (χ1) is 12.3. The monoisotopic (exact) mass is 380 g/mol. The molecule has 142 valence electrons. The Labute approximate surface area is 154 Å². The number of rotatable bonds is 5. The van der Waals surface area contributed by atoms with Gasteiger partial charge >= 0.3 is 5.97 Å². The number of esters is 1. The molecule has 1 aromatic rings. The van der Waals surface area contributed by atoms with E-state index < -0.39 is 16.0 Å². The number of piperazine rings is 1. The predicted octanol–water partition coefficient (Wildman–Crippen LogP) is 1.35. The summed E-state index contributed by atoms with van der Waals surface area (Å²) in [5, 5.41) is 0. The number of ether oxygens (including phenoxy) is 1. The molecule has 1 aliphatic heterocycles. The quantitative estimate of drug-likeness (QED) is 0.720. The second-order valence-electron chi connectivity index (χ2n) is 6.79. The number of hydrogen-bond donors (Lipinski definition) is 0. The van der Waals surface area contributed by atoms with Crippen molar-refractivity contribution in [1.29, 1.82) is 0 Å². The summed E-state index contributed by atoms with van der Waals surface area (Å²) >= 11 is 0. The summed E-state index contributed by atoms with van der Waals surface area (Å²) in [6.07, 6.45) is 0.935. The van der Waals surface area contributed by atoms with Crippen molar-refractivity contribution in [2.45, 2.75) is 25.2 Å². The molecule has 0 aromatic heterocycles. The average Bonchev–Trinajstić information content (AvgIpc) is 3.38. The van der Waals surface area contributed by atoms with Crippen molar-refractivity contribution in [3.63, 3.8) is 0 Å². The second kappa shape index (κ2) is 7.36. The van der Waals surface area contributed by atoms with Gasteiger partial charge in [0, 0.05) is 32.1 Å². The number of carbonyl (C=O) groups excluding carboxylic acids is 2. The average molecular weight is 380 g/mol. The molecule has 0 bridgehead atoms. The molecule has 1 aromatic carbocycles. The zero-order valence-electron chi connectivity index (χ0n) is 15.1. The Bertz CT molecular complexity index is 782. The fourth-order valence-electron chi connectivity index (χ4n) is 3.18. The van der Waals surface area contributed by atoms with Crippen LogP contribution in [-0.2, 0) is 19.6 Å². The van der Waals surface area contributed by atoms with E-state index in [1.807, 2.05) is 0 Å². The van der Waals surface area contributed by atoms with Crippen molar-refractivity contribution >= 4 is 21.9 Å². The third kappa shape index (κ3) is 3.76. The molecule has 1 amide bonds. The third-order valence-electron chi connectivity index (χ3n) is 4.98. The van der Waals surface area contributed by atoms with Crippen LogP contribution < -0.4 is 0 Å². The first-order valence-corrected chi connectivity index (χ1v) is 10.3. The van der Waals surface area contributed by atoms with E-state index in [0.29, 0.717) is 24.6 Å². The Hall–Kier alpha value is -1.93. The Kier molecular flexibility index (Phi) is 5.34. The second-order valence-corrected chi connectivity index (χ2v) is 8.73. The zero-order valence-corrected chi connectivity index (χ0v) is 15.9. The summed E-state index contributed by atoms with van der Waals surface area (Å²) in [6.45, 7) is 5.45. The molecule has 0 radical (unpaired) electrons. The summed E-state index contributed by atoms with van der Waals surface area (Å²) in [6, 6.07) is 5.76. The summed E-state index contributed by atoms with van der Waals surface area (Å²) in [5.74, 6) is 0.238. The molecular weight excluding hydrogens is 356 g/mol. The van der Waals surface area contributed by atoms with Gasteiger partial charge in [-0.3, -0.25) is 4.79 Å². The highest BCUT2D eigenvalue weighted by atomic mass is 32.2. The summed E-state index contributed by atoms with van der Waals surface area (Å²) in [7, 11) is -3.64. The maximum absolute atomic E-state index is 12.8. The van der Waals surface area contributed by atoms with E-state index >= 15 is 0 Å². The molecular formula is C18H24N2O5S. The van der Waals surface area contributed by atoms with Crippen molar-refractivity contribution in [3.8, 4) is 0 Å².